The van der Waals surface area contributed by atoms with E-state index in [9.17, 15) is 9.59 Å². The Balaban J connectivity index is 1.64. The van der Waals surface area contributed by atoms with Crippen molar-refractivity contribution in [2.75, 3.05) is 16.0 Å². The quantitative estimate of drug-likeness (QED) is 0.661. The predicted molar refractivity (Wildman–Crippen MR) is 94.9 cm³/mol. The normalized spacial score (nSPS) is 10.1. The van der Waals surface area contributed by atoms with Crippen LogP contribution in [-0.2, 0) is 4.79 Å². The third kappa shape index (κ3) is 4.44. The monoisotopic (exact) mass is 336 g/mol. The van der Waals surface area contributed by atoms with E-state index in [1.54, 1.807) is 42.6 Å². The molecule has 0 aliphatic heterocycles. The highest BCUT2D eigenvalue weighted by molar-refractivity contribution is 6.02. The Kier molecular flexibility index (Phi) is 4.75. The molecule has 2 amide bonds. The van der Waals surface area contributed by atoms with Gasteiger partial charge in [-0.3, -0.25) is 9.59 Å². The zero-order chi connectivity index (χ0) is 17.6. The fraction of sp³-hybridized carbons (Fsp3) is 0.0556. The third-order valence-corrected chi connectivity index (χ3v) is 3.22. The lowest BCUT2D eigenvalue weighted by atomic mass is 10.2. The van der Waals surface area contributed by atoms with Crippen LogP contribution < -0.4 is 16.0 Å². The van der Waals surface area contributed by atoms with Gasteiger partial charge in [0.25, 0.3) is 5.91 Å². The highest BCUT2D eigenvalue weighted by Crippen LogP contribution is 2.20. The fourth-order valence-electron chi connectivity index (χ4n) is 2.17. The number of nitrogens with zero attached hydrogens (tertiary/aromatic N) is 1. The molecule has 0 aliphatic carbocycles. The summed E-state index contributed by atoms with van der Waals surface area (Å²) in [6, 6.07) is 14.0. The van der Waals surface area contributed by atoms with Gasteiger partial charge in [-0.15, -0.1) is 0 Å². The molecule has 0 fully saturated rings. The molecule has 2 heterocycles. The van der Waals surface area contributed by atoms with Crippen molar-refractivity contribution in [2.45, 2.75) is 6.92 Å². The number of benzene rings is 1. The maximum Gasteiger partial charge on any atom is 0.291 e. The Bertz CT molecular complexity index is 874. The topological polar surface area (TPSA) is 96.3 Å². The minimum atomic E-state index is -0.337. The number of hydrogen-bond donors (Lipinski definition) is 3. The molecule has 7 heteroatoms. The van der Waals surface area contributed by atoms with Crippen LogP contribution in [0.3, 0.4) is 0 Å². The summed E-state index contributed by atoms with van der Waals surface area (Å²) in [5, 5.41) is 8.55. The molecule has 0 spiro atoms. The number of carbonyl (C=O) groups is 2. The Morgan fingerprint density at radius 2 is 1.80 bits per heavy atom. The predicted octanol–water partition coefficient (Wildman–Crippen LogP) is 3.63. The van der Waals surface area contributed by atoms with Gasteiger partial charge < -0.3 is 20.4 Å². The first kappa shape index (κ1) is 16.3. The number of aromatic nitrogens is 1. The molecule has 3 N–H and O–H groups in total. The molecule has 25 heavy (non-hydrogen) atoms. The summed E-state index contributed by atoms with van der Waals surface area (Å²) < 4.78 is 5.03. The zero-order valence-electron chi connectivity index (χ0n) is 13.4. The molecule has 0 unspecified atom stereocenters. The van der Waals surface area contributed by atoms with Crippen LogP contribution in [0.5, 0.6) is 0 Å². The minimum absolute atomic E-state index is 0.132. The van der Waals surface area contributed by atoms with Crippen LogP contribution in [-0.4, -0.2) is 16.8 Å². The van der Waals surface area contributed by atoms with E-state index in [0.29, 0.717) is 17.2 Å². The van der Waals surface area contributed by atoms with Crippen molar-refractivity contribution in [3.05, 3.63) is 66.8 Å². The number of amides is 2. The van der Waals surface area contributed by atoms with Crippen molar-refractivity contribution in [2.24, 2.45) is 0 Å². The number of furan rings is 1. The van der Waals surface area contributed by atoms with E-state index in [4.69, 9.17) is 4.42 Å². The van der Waals surface area contributed by atoms with Crippen LogP contribution in [0.15, 0.2) is 65.4 Å². The highest BCUT2D eigenvalue weighted by Gasteiger charge is 2.08. The molecule has 0 bridgehead atoms. The molecule has 3 rings (SSSR count). The van der Waals surface area contributed by atoms with Crippen molar-refractivity contribution in [1.82, 2.24) is 4.98 Å². The Morgan fingerprint density at radius 3 is 2.48 bits per heavy atom. The first-order chi connectivity index (χ1) is 12.1. The van der Waals surface area contributed by atoms with E-state index in [1.807, 2.05) is 12.1 Å². The second-order valence-corrected chi connectivity index (χ2v) is 5.25. The standard InChI is InChI=1S/C18H16N4O3/c1-12(23)20-13-4-2-5-14(10-13)21-17-8-7-15(11-19-17)22-18(24)16-6-3-9-25-16/h2-11H,1H3,(H,19,21)(H,20,23)(H,22,24). The number of rotatable bonds is 5. The molecule has 0 saturated carbocycles. The molecule has 7 nitrogen and oxygen atoms in total. The molecule has 2 aromatic heterocycles. The number of pyridine rings is 1. The van der Waals surface area contributed by atoms with Crippen molar-refractivity contribution >= 4 is 34.7 Å². The van der Waals surface area contributed by atoms with Gasteiger partial charge >= 0.3 is 0 Å². The number of anilines is 4. The first-order valence-corrected chi connectivity index (χ1v) is 7.56. The zero-order valence-corrected chi connectivity index (χ0v) is 13.4. The second-order valence-electron chi connectivity index (χ2n) is 5.25. The molecule has 126 valence electrons. The van der Waals surface area contributed by atoms with Gasteiger partial charge in [-0.2, -0.15) is 0 Å². The molecule has 0 atom stereocenters. The first-order valence-electron chi connectivity index (χ1n) is 7.56. The van der Waals surface area contributed by atoms with Gasteiger partial charge in [0.1, 0.15) is 5.82 Å². The van der Waals surface area contributed by atoms with E-state index in [-0.39, 0.29) is 17.6 Å². The molecular weight excluding hydrogens is 320 g/mol. The van der Waals surface area contributed by atoms with E-state index >= 15 is 0 Å². The molecule has 0 saturated heterocycles. The lowest BCUT2D eigenvalue weighted by molar-refractivity contribution is -0.114. The molecule has 0 radical (unpaired) electrons. The van der Waals surface area contributed by atoms with Crippen molar-refractivity contribution in [3.8, 4) is 0 Å². The minimum Gasteiger partial charge on any atom is -0.459 e. The van der Waals surface area contributed by atoms with E-state index in [2.05, 4.69) is 20.9 Å². The van der Waals surface area contributed by atoms with Crippen LogP contribution in [0.4, 0.5) is 22.9 Å². The van der Waals surface area contributed by atoms with Gasteiger partial charge in [-0.1, -0.05) is 6.07 Å². The van der Waals surface area contributed by atoms with Crippen molar-refractivity contribution < 1.29 is 14.0 Å². The van der Waals surface area contributed by atoms with E-state index in [0.717, 1.165) is 5.69 Å². The van der Waals surface area contributed by atoms with Gasteiger partial charge in [0.2, 0.25) is 5.91 Å². The van der Waals surface area contributed by atoms with Crippen LogP contribution in [0.1, 0.15) is 17.5 Å². The van der Waals surface area contributed by atoms with Crippen LogP contribution >= 0.6 is 0 Å². The summed E-state index contributed by atoms with van der Waals surface area (Å²) in [5.74, 6) is 0.371. The summed E-state index contributed by atoms with van der Waals surface area (Å²) in [5.41, 5.74) is 2.03. The number of hydrogen-bond acceptors (Lipinski definition) is 5. The van der Waals surface area contributed by atoms with Gasteiger partial charge in [0, 0.05) is 18.3 Å². The SMILES string of the molecule is CC(=O)Nc1cccc(Nc2ccc(NC(=O)c3ccco3)cn2)c1. The fourth-order valence-corrected chi connectivity index (χ4v) is 2.17. The average molecular weight is 336 g/mol. The maximum absolute atomic E-state index is 11.9. The number of carbonyl (C=O) groups excluding carboxylic acids is 2. The van der Waals surface area contributed by atoms with Crippen LogP contribution in [0.25, 0.3) is 0 Å². The summed E-state index contributed by atoms with van der Waals surface area (Å²) in [7, 11) is 0. The summed E-state index contributed by atoms with van der Waals surface area (Å²) >= 11 is 0. The Morgan fingerprint density at radius 1 is 0.960 bits per heavy atom. The van der Waals surface area contributed by atoms with Crippen molar-refractivity contribution in [1.29, 1.82) is 0 Å². The number of nitrogens with one attached hydrogen (secondary N) is 3. The Labute approximate surface area is 144 Å². The molecular formula is C18H16N4O3. The molecule has 0 aliphatic rings. The van der Waals surface area contributed by atoms with Gasteiger partial charge in [-0.25, -0.2) is 4.98 Å². The van der Waals surface area contributed by atoms with Gasteiger partial charge in [0.15, 0.2) is 5.76 Å². The van der Waals surface area contributed by atoms with Crippen molar-refractivity contribution in [3.63, 3.8) is 0 Å². The van der Waals surface area contributed by atoms with E-state index < -0.39 is 0 Å². The second kappa shape index (κ2) is 7.31. The summed E-state index contributed by atoms with van der Waals surface area (Å²) in [4.78, 5) is 27.3. The van der Waals surface area contributed by atoms with Crippen LogP contribution in [0, 0.1) is 0 Å². The van der Waals surface area contributed by atoms with Gasteiger partial charge in [0.05, 0.1) is 18.1 Å². The Hall–Kier alpha value is -3.61. The van der Waals surface area contributed by atoms with Gasteiger partial charge in [-0.05, 0) is 42.5 Å². The molecule has 3 aromatic rings. The van der Waals surface area contributed by atoms with E-state index in [1.165, 1.54) is 13.2 Å². The lowest BCUT2D eigenvalue weighted by Gasteiger charge is -2.09. The lowest BCUT2D eigenvalue weighted by Crippen LogP contribution is -2.11. The highest BCUT2D eigenvalue weighted by atomic mass is 16.3. The molecule has 1 aromatic carbocycles. The largest absolute Gasteiger partial charge is 0.459 e. The third-order valence-electron chi connectivity index (χ3n) is 3.22. The maximum atomic E-state index is 11.9. The average Bonchev–Trinajstić information content (AvgIpc) is 3.11. The summed E-state index contributed by atoms with van der Waals surface area (Å²) in [6.45, 7) is 1.46. The smallest absolute Gasteiger partial charge is 0.291 e. The van der Waals surface area contributed by atoms with Crippen LogP contribution in [0.2, 0.25) is 0 Å². The summed E-state index contributed by atoms with van der Waals surface area (Å²) in [6.07, 6.45) is 2.98.